The molecule has 0 aliphatic rings. The van der Waals surface area contributed by atoms with Gasteiger partial charge >= 0.3 is 0 Å². The summed E-state index contributed by atoms with van der Waals surface area (Å²) in [5, 5.41) is 0. The molecule has 2 N–H and O–H groups in total. The summed E-state index contributed by atoms with van der Waals surface area (Å²) < 4.78 is 15.1. The zero-order valence-corrected chi connectivity index (χ0v) is 10.4. The van der Waals surface area contributed by atoms with Gasteiger partial charge in [0.2, 0.25) is 0 Å². The van der Waals surface area contributed by atoms with E-state index in [9.17, 15) is 4.39 Å². The number of thioether (sulfide) groups is 1. The van der Waals surface area contributed by atoms with Crippen molar-refractivity contribution in [2.75, 3.05) is 5.73 Å². The third-order valence-corrected chi connectivity index (χ3v) is 3.60. The molecule has 1 aromatic carbocycles. The summed E-state index contributed by atoms with van der Waals surface area (Å²) in [5.41, 5.74) is 7.51. The molecule has 0 bridgehead atoms. The molecule has 5 heteroatoms. The van der Waals surface area contributed by atoms with Crippen molar-refractivity contribution in [3.63, 3.8) is 0 Å². The van der Waals surface area contributed by atoms with E-state index < -0.39 is 0 Å². The van der Waals surface area contributed by atoms with Crippen LogP contribution in [-0.4, -0.2) is 9.55 Å². The van der Waals surface area contributed by atoms with Crippen LogP contribution < -0.4 is 5.73 Å². The van der Waals surface area contributed by atoms with Gasteiger partial charge in [0.15, 0.2) is 0 Å². The molecule has 0 fully saturated rings. The Balaban J connectivity index is 2.09. The maximum Gasteiger partial charge on any atom is 0.124 e. The molecular weight excluding hydrogens is 237 g/mol. The molecule has 90 valence electrons. The number of imidazole rings is 1. The number of hydrogen-bond acceptors (Lipinski definition) is 3. The van der Waals surface area contributed by atoms with Gasteiger partial charge < -0.3 is 10.3 Å². The van der Waals surface area contributed by atoms with Gasteiger partial charge in [-0.15, -0.1) is 11.8 Å². The van der Waals surface area contributed by atoms with Crippen LogP contribution in [0.4, 0.5) is 10.1 Å². The molecule has 0 atom stereocenters. The van der Waals surface area contributed by atoms with E-state index >= 15 is 0 Å². The molecule has 0 aliphatic carbocycles. The smallest absolute Gasteiger partial charge is 0.124 e. The van der Waals surface area contributed by atoms with E-state index in [1.54, 1.807) is 12.4 Å². The average molecular weight is 251 g/mol. The third kappa shape index (κ3) is 2.79. The van der Waals surface area contributed by atoms with Gasteiger partial charge in [-0.05, 0) is 25.1 Å². The Morgan fingerprint density at radius 3 is 3.06 bits per heavy atom. The maximum atomic E-state index is 13.1. The predicted octanol–water partition coefficient (Wildman–Crippen LogP) is 2.92. The minimum Gasteiger partial charge on any atom is -0.398 e. The van der Waals surface area contributed by atoms with Crippen LogP contribution in [0, 0.1) is 5.82 Å². The number of nitrogen functional groups attached to an aromatic ring is 1. The van der Waals surface area contributed by atoms with Crippen LogP contribution >= 0.6 is 11.8 Å². The average Bonchev–Trinajstić information content (AvgIpc) is 2.77. The fourth-order valence-electron chi connectivity index (χ4n) is 1.54. The second-order valence-electron chi connectivity index (χ2n) is 3.64. The molecule has 0 saturated heterocycles. The normalized spacial score (nSPS) is 10.7. The van der Waals surface area contributed by atoms with Gasteiger partial charge in [0.25, 0.3) is 0 Å². The van der Waals surface area contributed by atoms with Gasteiger partial charge in [-0.1, -0.05) is 0 Å². The van der Waals surface area contributed by atoms with E-state index in [1.165, 1.54) is 23.9 Å². The van der Waals surface area contributed by atoms with Crippen LogP contribution in [0.25, 0.3) is 0 Å². The van der Waals surface area contributed by atoms with Crippen molar-refractivity contribution >= 4 is 17.4 Å². The first-order valence-corrected chi connectivity index (χ1v) is 6.36. The van der Waals surface area contributed by atoms with E-state index in [-0.39, 0.29) is 5.82 Å². The lowest BCUT2D eigenvalue weighted by Crippen LogP contribution is -1.97. The van der Waals surface area contributed by atoms with Gasteiger partial charge in [-0.3, -0.25) is 0 Å². The Bertz CT molecular complexity index is 510. The lowest BCUT2D eigenvalue weighted by atomic mass is 10.3. The third-order valence-electron chi connectivity index (χ3n) is 2.49. The van der Waals surface area contributed by atoms with Crippen molar-refractivity contribution in [3.05, 3.63) is 42.2 Å². The topological polar surface area (TPSA) is 43.8 Å². The fraction of sp³-hybridized carbons (Fsp3) is 0.250. The maximum absolute atomic E-state index is 13.1. The number of nitrogens with two attached hydrogens (primary N) is 1. The number of hydrogen-bond donors (Lipinski definition) is 1. The first-order valence-electron chi connectivity index (χ1n) is 5.37. The molecule has 3 nitrogen and oxygen atoms in total. The Hall–Kier alpha value is -1.49. The second-order valence-corrected chi connectivity index (χ2v) is 4.66. The molecule has 2 rings (SSSR count). The van der Waals surface area contributed by atoms with E-state index in [0.29, 0.717) is 5.69 Å². The van der Waals surface area contributed by atoms with Crippen molar-refractivity contribution in [2.45, 2.75) is 24.1 Å². The van der Waals surface area contributed by atoms with Crippen molar-refractivity contribution in [1.29, 1.82) is 0 Å². The Labute approximate surface area is 104 Å². The monoisotopic (exact) mass is 251 g/mol. The number of rotatable bonds is 4. The molecular formula is C12H14FN3S. The summed E-state index contributed by atoms with van der Waals surface area (Å²) in [5.74, 6) is 0.479. The summed E-state index contributed by atoms with van der Waals surface area (Å²) in [6.45, 7) is 2.95. The van der Waals surface area contributed by atoms with E-state index in [4.69, 9.17) is 5.73 Å². The van der Waals surface area contributed by atoms with Gasteiger partial charge in [0.1, 0.15) is 5.82 Å². The van der Waals surface area contributed by atoms with E-state index in [1.807, 2.05) is 6.20 Å². The quantitative estimate of drug-likeness (QED) is 0.671. The first-order chi connectivity index (χ1) is 8.20. The Morgan fingerprint density at radius 1 is 1.47 bits per heavy atom. The van der Waals surface area contributed by atoms with Gasteiger partial charge in [-0.2, -0.15) is 0 Å². The van der Waals surface area contributed by atoms with Crippen LogP contribution in [0.15, 0.2) is 35.6 Å². The van der Waals surface area contributed by atoms with E-state index in [0.717, 1.165) is 22.9 Å². The summed E-state index contributed by atoms with van der Waals surface area (Å²) in [6, 6.07) is 4.43. The summed E-state index contributed by atoms with van der Waals surface area (Å²) in [4.78, 5) is 4.86. The largest absolute Gasteiger partial charge is 0.398 e. The van der Waals surface area contributed by atoms with Crippen molar-refractivity contribution < 1.29 is 4.39 Å². The number of aromatic nitrogens is 2. The summed E-state index contributed by atoms with van der Waals surface area (Å²) in [6.07, 6.45) is 3.62. The molecule has 1 heterocycles. The molecule has 0 unspecified atom stereocenters. The number of benzene rings is 1. The summed E-state index contributed by atoms with van der Waals surface area (Å²) in [7, 11) is 0. The summed E-state index contributed by atoms with van der Waals surface area (Å²) >= 11 is 1.52. The highest BCUT2D eigenvalue weighted by molar-refractivity contribution is 7.98. The molecule has 0 aliphatic heterocycles. The fourth-order valence-corrected chi connectivity index (χ4v) is 2.51. The van der Waals surface area contributed by atoms with Crippen LogP contribution in [0.1, 0.15) is 12.6 Å². The SMILES string of the molecule is CCn1cncc1CSc1cc(F)ccc1N. The lowest BCUT2D eigenvalue weighted by molar-refractivity contribution is 0.624. The minimum absolute atomic E-state index is 0.259. The highest BCUT2D eigenvalue weighted by Crippen LogP contribution is 2.28. The molecule has 0 radical (unpaired) electrons. The van der Waals surface area contributed by atoms with Crippen LogP contribution in [0.2, 0.25) is 0 Å². The predicted molar refractivity (Wildman–Crippen MR) is 68.3 cm³/mol. The number of nitrogens with zero attached hydrogens (tertiary/aromatic N) is 2. The van der Waals surface area contributed by atoms with Crippen molar-refractivity contribution in [3.8, 4) is 0 Å². The van der Waals surface area contributed by atoms with Crippen LogP contribution in [-0.2, 0) is 12.3 Å². The van der Waals surface area contributed by atoms with Gasteiger partial charge in [0, 0.05) is 34.8 Å². The molecule has 17 heavy (non-hydrogen) atoms. The zero-order valence-electron chi connectivity index (χ0n) is 9.56. The zero-order chi connectivity index (χ0) is 12.3. The van der Waals surface area contributed by atoms with Gasteiger partial charge in [0.05, 0.1) is 6.33 Å². The van der Waals surface area contributed by atoms with Crippen molar-refractivity contribution in [1.82, 2.24) is 9.55 Å². The number of aryl methyl sites for hydroxylation is 1. The van der Waals surface area contributed by atoms with Gasteiger partial charge in [-0.25, -0.2) is 9.37 Å². The molecule has 1 aromatic heterocycles. The Kier molecular flexibility index (Phi) is 3.68. The number of halogens is 1. The Morgan fingerprint density at radius 2 is 2.29 bits per heavy atom. The highest BCUT2D eigenvalue weighted by atomic mass is 32.2. The number of anilines is 1. The lowest BCUT2D eigenvalue weighted by Gasteiger charge is -2.07. The van der Waals surface area contributed by atoms with Crippen LogP contribution in [0.5, 0.6) is 0 Å². The second kappa shape index (κ2) is 5.23. The molecule has 2 aromatic rings. The van der Waals surface area contributed by atoms with E-state index in [2.05, 4.69) is 16.5 Å². The molecule has 0 spiro atoms. The van der Waals surface area contributed by atoms with Crippen LogP contribution in [0.3, 0.4) is 0 Å². The van der Waals surface area contributed by atoms with Crippen molar-refractivity contribution in [2.24, 2.45) is 0 Å². The first kappa shape index (κ1) is 12.0. The molecule has 0 amide bonds. The highest BCUT2D eigenvalue weighted by Gasteiger charge is 2.05. The molecule has 0 saturated carbocycles. The minimum atomic E-state index is -0.259. The standard InChI is InChI=1S/C12H14FN3S/c1-2-16-8-15-6-10(16)7-17-12-5-9(13)3-4-11(12)14/h3-6,8H,2,7,14H2,1H3.